The van der Waals surface area contributed by atoms with Crippen molar-refractivity contribution in [3.8, 4) is 6.07 Å². The van der Waals surface area contributed by atoms with Crippen LogP contribution in [0.4, 0.5) is 4.79 Å². The molecule has 29 heavy (non-hydrogen) atoms. The van der Waals surface area contributed by atoms with E-state index < -0.39 is 0 Å². The van der Waals surface area contributed by atoms with Crippen LogP contribution in [-0.4, -0.2) is 53.8 Å². The van der Waals surface area contributed by atoms with Crippen LogP contribution in [0.1, 0.15) is 43.7 Å². The molecule has 1 saturated carbocycles. The van der Waals surface area contributed by atoms with E-state index in [4.69, 9.17) is 4.74 Å². The number of nitriles is 1. The molecule has 2 heterocycles. The third-order valence-corrected chi connectivity index (χ3v) is 6.20. The number of carbonyl (C=O) groups is 1. The number of rotatable bonds is 4. The first-order chi connectivity index (χ1) is 14.1. The molecule has 1 aromatic carbocycles. The zero-order chi connectivity index (χ0) is 20.3. The Morgan fingerprint density at radius 3 is 3.17 bits per heavy atom. The van der Waals surface area contributed by atoms with Gasteiger partial charge >= 0.3 is 6.03 Å². The van der Waals surface area contributed by atoms with Crippen LogP contribution in [-0.2, 0) is 11.3 Å². The molecular weight excluding hydrogens is 366 g/mol. The fourth-order valence-electron chi connectivity index (χ4n) is 4.78. The molecule has 2 aliphatic rings. The molecule has 3 N–H and O–H groups in total. The maximum absolute atomic E-state index is 12.2. The number of carbonyl (C=O) groups excluding carboxylic acids is 1. The molecule has 7 nitrogen and oxygen atoms in total. The number of urea groups is 1. The van der Waals surface area contributed by atoms with Crippen molar-refractivity contribution in [3.05, 3.63) is 35.5 Å². The minimum atomic E-state index is -0.328. The van der Waals surface area contributed by atoms with Gasteiger partial charge in [-0.05, 0) is 43.5 Å². The van der Waals surface area contributed by atoms with Gasteiger partial charge in [0.25, 0.3) is 0 Å². The maximum Gasteiger partial charge on any atom is 0.315 e. The number of nitrogens with zero attached hydrogens (tertiary/aromatic N) is 2. The molecule has 1 spiro atoms. The average molecular weight is 396 g/mol. The number of hydrogen-bond donors (Lipinski definition) is 3. The lowest BCUT2D eigenvalue weighted by Gasteiger charge is -2.49. The van der Waals surface area contributed by atoms with Gasteiger partial charge in [-0.1, -0.05) is 12.8 Å². The number of ether oxygens (including phenoxy) is 1. The van der Waals surface area contributed by atoms with Gasteiger partial charge in [0.2, 0.25) is 0 Å². The number of aromatic nitrogens is 1. The van der Waals surface area contributed by atoms with Gasteiger partial charge in [0, 0.05) is 43.3 Å². The third kappa shape index (κ3) is 4.09. The minimum absolute atomic E-state index is 0.0266. The Hall–Kier alpha value is -2.56. The van der Waals surface area contributed by atoms with E-state index >= 15 is 0 Å². The second-order valence-corrected chi connectivity index (χ2v) is 8.11. The minimum Gasteiger partial charge on any atom is -0.370 e. The first-order valence-electron chi connectivity index (χ1n) is 10.5. The van der Waals surface area contributed by atoms with Crippen LogP contribution in [0, 0.1) is 11.3 Å². The van der Waals surface area contributed by atoms with Gasteiger partial charge < -0.3 is 20.4 Å². The smallest absolute Gasteiger partial charge is 0.315 e. The summed E-state index contributed by atoms with van der Waals surface area (Å²) in [6.07, 6.45) is 6.19. The van der Waals surface area contributed by atoms with Gasteiger partial charge in [-0.2, -0.15) is 5.26 Å². The Bertz CT molecular complexity index is 914. The van der Waals surface area contributed by atoms with Gasteiger partial charge in [0.15, 0.2) is 0 Å². The normalized spacial score (nSPS) is 25.0. The van der Waals surface area contributed by atoms with Crippen LogP contribution in [0.3, 0.4) is 0 Å². The van der Waals surface area contributed by atoms with Crippen molar-refractivity contribution < 1.29 is 9.53 Å². The number of fused-ring (bicyclic) bond motifs is 1. The second kappa shape index (κ2) is 8.44. The lowest BCUT2D eigenvalue weighted by Crippen LogP contribution is -2.64. The van der Waals surface area contributed by atoms with Crippen molar-refractivity contribution in [2.45, 2.75) is 50.8 Å². The molecule has 1 aliphatic heterocycles. The highest BCUT2D eigenvalue weighted by atomic mass is 16.5. The molecular formula is C22H29N5O2. The van der Waals surface area contributed by atoms with Gasteiger partial charge in [0.05, 0.1) is 24.3 Å². The number of hydrogen-bond acceptors (Lipinski definition) is 4. The Kier molecular flexibility index (Phi) is 5.74. The number of H-pyrrole nitrogens is 1. The van der Waals surface area contributed by atoms with Crippen molar-refractivity contribution >= 4 is 16.9 Å². The van der Waals surface area contributed by atoms with Crippen molar-refractivity contribution in [2.24, 2.45) is 0 Å². The summed E-state index contributed by atoms with van der Waals surface area (Å²) < 4.78 is 6.34. The highest BCUT2D eigenvalue weighted by molar-refractivity contribution is 5.84. The summed E-state index contributed by atoms with van der Waals surface area (Å²) >= 11 is 0. The van der Waals surface area contributed by atoms with E-state index in [0.717, 1.165) is 56.2 Å². The van der Waals surface area contributed by atoms with E-state index in [1.165, 1.54) is 5.56 Å². The van der Waals surface area contributed by atoms with Crippen LogP contribution in [0.2, 0.25) is 0 Å². The quantitative estimate of drug-likeness (QED) is 0.742. The molecule has 0 unspecified atom stereocenters. The van der Waals surface area contributed by atoms with Crippen LogP contribution in [0.25, 0.3) is 10.9 Å². The Morgan fingerprint density at radius 2 is 2.34 bits per heavy atom. The standard InChI is InChI=1S/C22H29N5O2/c1-2-24-21(28)26-20-5-3-4-8-22(20)15-27(9-10-29-22)14-17-13-25-19-7-6-16(12-23)11-18(17)19/h6-7,11,13,20,25H,2-5,8-10,14-15H2,1H3,(H2,24,26,28)/t20-,22+/m1/s1. The largest absolute Gasteiger partial charge is 0.370 e. The van der Waals surface area contributed by atoms with E-state index in [9.17, 15) is 10.1 Å². The number of nitrogens with one attached hydrogen (secondary N) is 3. The van der Waals surface area contributed by atoms with Crippen molar-refractivity contribution in [2.75, 3.05) is 26.2 Å². The summed E-state index contributed by atoms with van der Waals surface area (Å²) in [6, 6.07) is 7.90. The number of aromatic amines is 1. The molecule has 0 radical (unpaired) electrons. The zero-order valence-electron chi connectivity index (χ0n) is 17.0. The summed E-state index contributed by atoms with van der Waals surface area (Å²) in [6.45, 7) is 5.67. The molecule has 2 fully saturated rings. The van der Waals surface area contributed by atoms with Gasteiger partial charge in [-0.15, -0.1) is 0 Å². The maximum atomic E-state index is 12.2. The molecule has 1 aliphatic carbocycles. The van der Waals surface area contributed by atoms with E-state index in [-0.39, 0.29) is 17.7 Å². The first kappa shape index (κ1) is 19.7. The molecule has 4 rings (SSSR count). The van der Waals surface area contributed by atoms with Crippen molar-refractivity contribution in [1.82, 2.24) is 20.5 Å². The van der Waals surface area contributed by atoms with Crippen LogP contribution in [0.15, 0.2) is 24.4 Å². The summed E-state index contributed by atoms with van der Waals surface area (Å²) in [5, 5.41) is 16.3. The molecule has 1 aromatic heterocycles. The van der Waals surface area contributed by atoms with Crippen molar-refractivity contribution in [1.29, 1.82) is 5.26 Å². The lowest BCUT2D eigenvalue weighted by atomic mass is 9.79. The lowest BCUT2D eigenvalue weighted by molar-refractivity contribution is -0.142. The number of amides is 2. The van der Waals surface area contributed by atoms with E-state index in [1.54, 1.807) is 0 Å². The highest BCUT2D eigenvalue weighted by Crippen LogP contribution is 2.35. The molecule has 1 saturated heterocycles. The molecule has 7 heteroatoms. The predicted octanol–water partition coefficient (Wildman–Crippen LogP) is 2.87. The fraction of sp³-hybridized carbons (Fsp3) is 0.545. The highest BCUT2D eigenvalue weighted by Gasteiger charge is 2.45. The monoisotopic (exact) mass is 395 g/mol. The van der Waals surface area contributed by atoms with Crippen LogP contribution >= 0.6 is 0 Å². The van der Waals surface area contributed by atoms with E-state index in [2.05, 4.69) is 26.6 Å². The average Bonchev–Trinajstić information content (AvgIpc) is 3.12. The molecule has 154 valence electrons. The van der Waals surface area contributed by atoms with Crippen LogP contribution < -0.4 is 10.6 Å². The predicted molar refractivity (Wildman–Crippen MR) is 111 cm³/mol. The summed E-state index contributed by atoms with van der Waals surface area (Å²) in [4.78, 5) is 17.9. The molecule has 2 atom stereocenters. The van der Waals surface area contributed by atoms with E-state index in [0.29, 0.717) is 18.7 Å². The fourth-order valence-corrected chi connectivity index (χ4v) is 4.78. The Labute approximate surface area is 171 Å². The van der Waals surface area contributed by atoms with E-state index in [1.807, 2.05) is 31.3 Å². The van der Waals surface area contributed by atoms with Gasteiger partial charge in [-0.25, -0.2) is 4.79 Å². The van der Waals surface area contributed by atoms with Gasteiger partial charge in [-0.3, -0.25) is 4.90 Å². The Balaban J connectivity index is 1.51. The summed E-state index contributed by atoms with van der Waals surface area (Å²) in [7, 11) is 0. The summed E-state index contributed by atoms with van der Waals surface area (Å²) in [5.41, 5.74) is 2.59. The molecule has 0 bridgehead atoms. The zero-order valence-corrected chi connectivity index (χ0v) is 17.0. The topological polar surface area (TPSA) is 93.2 Å². The summed E-state index contributed by atoms with van der Waals surface area (Å²) in [5.74, 6) is 0. The molecule has 2 aromatic rings. The second-order valence-electron chi connectivity index (χ2n) is 8.11. The molecule has 2 amide bonds. The third-order valence-electron chi connectivity index (χ3n) is 6.20. The first-order valence-corrected chi connectivity index (χ1v) is 10.5. The SMILES string of the molecule is CCNC(=O)N[C@@H]1CCCC[C@]12CN(Cc1c[nH]c3ccc(C#N)cc13)CCO2. The van der Waals surface area contributed by atoms with Crippen LogP contribution in [0.5, 0.6) is 0 Å². The van der Waals surface area contributed by atoms with Gasteiger partial charge in [0.1, 0.15) is 5.60 Å². The van der Waals surface area contributed by atoms with Crippen molar-refractivity contribution in [3.63, 3.8) is 0 Å². The Morgan fingerprint density at radius 1 is 1.45 bits per heavy atom. The number of benzene rings is 1. The number of morpholine rings is 1.